The van der Waals surface area contributed by atoms with Crippen molar-refractivity contribution in [2.75, 3.05) is 10.6 Å². The molecule has 0 bridgehead atoms. The van der Waals surface area contributed by atoms with Crippen molar-refractivity contribution in [1.82, 2.24) is 0 Å². The molecule has 1 aliphatic carbocycles. The summed E-state index contributed by atoms with van der Waals surface area (Å²) < 4.78 is 13.0. The zero-order chi connectivity index (χ0) is 61.6. The van der Waals surface area contributed by atoms with E-state index >= 15 is 0 Å². The maximum Gasteiger partial charge on any atom is 0.255 e. The summed E-state index contributed by atoms with van der Waals surface area (Å²) in [6.07, 6.45) is 17.2. The Hall–Kier alpha value is -13.0. The van der Waals surface area contributed by atoms with Gasteiger partial charge in [0.15, 0.2) is 23.0 Å². The lowest BCUT2D eigenvalue weighted by Gasteiger charge is -2.36. The van der Waals surface area contributed by atoms with E-state index in [1.54, 1.807) is 78.9 Å². The molecule has 1 aliphatic rings. The van der Waals surface area contributed by atoms with Gasteiger partial charge in [0, 0.05) is 50.6 Å². The van der Waals surface area contributed by atoms with Crippen molar-refractivity contribution in [3.05, 3.63) is 309 Å². The molecule has 0 fully saturated rings. The zero-order valence-electron chi connectivity index (χ0n) is 47.2. The fourth-order valence-electron chi connectivity index (χ4n) is 11.1. The van der Waals surface area contributed by atoms with Crippen LogP contribution in [-0.4, -0.2) is 32.2 Å². The van der Waals surface area contributed by atoms with Crippen LogP contribution in [0.1, 0.15) is 81.9 Å². The van der Waals surface area contributed by atoms with Gasteiger partial charge in [0.05, 0.1) is 22.2 Å². The van der Waals surface area contributed by atoms with Gasteiger partial charge in [0.1, 0.15) is 22.9 Å². The minimum atomic E-state index is -1.15. The summed E-state index contributed by atoms with van der Waals surface area (Å²) in [7, 11) is 0. The van der Waals surface area contributed by atoms with Crippen molar-refractivity contribution in [1.29, 1.82) is 0 Å². The first-order chi connectivity index (χ1) is 43.4. The third-order valence-corrected chi connectivity index (χ3v) is 15.3. The van der Waals surface area contributed by atoms with E-state index in [2.05, 4.69) is 76.3 Å². The lowest BCUT2D eigenvalue weighted by Crippen LogP contribution is -2.29. The molecule has 10 heteroatoms. The molecule has 11 aromatic carbocycles. The van der Waals surface area contributed by atoms with Gasteiger partial charge in [-0.3, -0.25) is 9.59 Å². The molecule has 12 rings (SSSR count). The van der Waals surface area contributed by atoms with Gasteiger partial charge in [-0.05, 0) is 160 Å². The van der Waals surface area contributed by atoms with E-state index in [9.17, 15) is 30.0 Å². The van der Waals surface area contributed by atoms with E-state index in [-0.39, 0.29) is 68.1 Å². The Balaban J connectivity index is 0.966. The smallest absolute Gasteiger partial charge is 0.255 e. The van der Waals surface area contributed by atoms with Gasteiger partial charge in [-0.15, -0.1) is 19.3 Å². The van der Waals surface area contributed by atoms with Gasteiger partial charge < -0.3 is 40.5 Å². The minimum absolute atomic E-state index is 0.0375. The average Bonchev–Trinajstić information content (AvgIpc) is 1.62. The van der Waals surface area contributed by atoms with E-state index in [4.69, 9.17) is 28.7 Å². The second kappa shape index (κ2) is 24.3. The number of para-hydroxylation sites is 1. The number of rotatable bonds is 11. The molecule has 0 aliphatic heterocycles. The van der Waals surface area contributed by atoms with Crippen molar-refractivity contribution in [2.24, 2.45) is 0 Å². The quantitative estimate of drug-likeness (QED) is 0.0552. The Bertz CT molecular complexity index is 4850. The third kappa shape index (κ3) is 10.9. The lowest BCUT2D eigenvalue weighted by molar-refractivity contribution is 0.101. The van der Waals surface area contributed by atoms with Crippen LogP contribution in [0.25, 0.3) is 22.3 Å². The number of nitrogens with one attached hydrogen (secondary N) is 2. The second-order valence-corrected chi connectivity index (χ2v) is 20.5. The van der Waals surface area contributed by atoms with Crippen molar-refractivity contribution >= 4 is 23.2 Å². The normalized spacial score (nSPS) is 11.3. The van der Waals surface area contributed by atoms with Gasteiger partial charge in [0.25, 0.3) is 11.8 Å². The summed E-state index contributed by atoms with van der Waals surface area (Å²) in [4.78, 5) is 28.4. The number of carbonyl (C=O) groups excluding carboxylic acids is 2. The molecule has 89 heavy (non-hydrogen) atoms. The number of benzene rings is 11. The van der Waals surface area contributed by atoms with Crippen LogP contribution in [0.4, 0.5) is 11.4 Å². The highest BCUT2D eigenvalue weighted by Crippen LogP contribution is 2.59. The Kier molecular flexibility index (Phi) is 15.4. The molecular formula is C79H48N2O8. The third-order valence-electron chi connectivity index (χ3n) is 15.3. The molecule has 0 saturated carbocycles. The number of aromatic hydroxyl groups is 4. The number of hydrogen-bond donors (Lipinski definition) is 6. The van der Waals surface area contributed by atoms with Crippen LogP contribution in [0.2, 0.25) is 0 Å². The number of phenolic OH excluding ortho intramolecular Hbond substituents is 4. The van der Waals surface area contributed by atoms with Crippen LogP contribution in [0.3, 0.4) is 0 Å². The van der Waals surface area contributed by atoms with E-state index < -0.39 is 23.0 Å². The number of phenols is 4. The van der Waals surface area contributed by atoms with Gasteiger partial charge in [-0.25, -0.2) is 0 Å². The Morgan fingerprint density at radius 3 is 1.55 bits per heavy atom. The highest BCUT2D eigenvalue weighted by atomic mass is 16.5. The van der Waals surface area contributed by atoms with Crippen LogP contribution >= 0.6 is 0 Å². The molecular weight excluding hydrogens is 1100 g/mol. The van der Waals surface area contributed by atoms with Gasteiger partial charge in [-0.1, -0.05) is 151 Å². The lowest BCUT2D eigenvalue weighted by atomic mass is 9.65. The monoisotopic (exact) mass is 1150 g/mol. The molecule has 422 valence electrons. The topological polar surface area (TPSA) is 158 Å². The molecule has 2 amide bonds. The van der Waals surface area contributed by atoms with Crippen molar-refractivity contribution in [3.8, 4) is 129 Å². The first-order valence-electron chi connectivity index (χ1n) is 27.9. The van der Waals surface area contributed by atoms with E-state index in [1.165, 1.54) is 30.3 Å². The Labute approximate surface area is 514 Å². The maximum absolute atomic E-state index is 14.7. The second-order valence-electron chi connectivity index (χ2n) is 20.5. The van der Waals surface area contributed by atoms with Crippen LogP contribution in [0.15, 0.2) is 237 Å². The van der Waals surface area contributed by atoms with Crippen LogP contribution in [0.5, 0.6) is 46.0 Å². The minimum Gasteiger partial charge on any atom is -0.508 e. The SMILES string of the molecule is C#Cc1ccc(C(=O)Nc2c(Oc3c(O)cccc3Oc3ccc(C4(c5ccc(O)cc5-c5ccc(O)c(C#Cc6ccccc6)c5NC(=O)c5ccc(C#Cc6ccccc6)cc5)c5ccccc5-c5ccccc54)cc3)cc(C#C)c(C#C)c2O)cc1. The van der Waals surface area contributed by atoms with Crippen LogP contribution in [0, 0.1) is 60.7 Å². The predicted octanol–water partition coefficient (Wildman–Crippen LogP) is 15.4. The summed E-state index contributed by atoms with van der Waals surface area (Å²) in [5.74, 6) is 17.7. The number of terminal acetylenes is 3. The fourth-order valence-corrected chi connectivity index (χ4v) is 11.1. The number of hydrogen-bond acceptors (Lipinski definition) is 8. The molecule has 0 unspecified atom stereocenters. The maximum atomic E-state index is 14.7. The van der Waals surface area contributed by atoms with Crippen molar-refractivity contribution in [3.63, 3.8) is 0 Å². The van der Waals surface area contributed by atoms with Crippen LogP contribution < -0.4 is 20.1 Å². The Morgan fingerprint density at radius 2 is 0.955 bits per heavy atom. The summed E-state index contributed by atoms with van der Waals surface area (Å²) in [5, 5.41) is 52.4. The number of fused-ring (bicyclic) bond motifs is 3. The van der Waals surface area contributed by atoms with E-state index in [0.29, 0.717) is 44.7 Å². The number of carbonyl (C=O) groups is 2. The fraction of sp³-hybridized carbons (Fsp3) is 0.0127. The van der Waals surface area contributed by atoms with Crippen molar-refractivity contribution < 1.29 is 39.5 Å². The van der Waals surface area contributed by atoms with Crippen LogP contribution in [-0.2, 0) is 5.41 Å². The van der Waals surface area contributed by atoms with Gasteiger partial charge >= 0.3 is 0 Å². The highest BCUT2D eigenvalue weighted by Gasteiger charge is 2.47. The molecule has 0 spiro atoms. The summed E-state index contributed by atoms with van der Waals surface area (Å²) in [5.41, 5.74) is 8.42. The first-order valence-corrected chi connectivity index (χ1v) is 27.9. The Morgan fingerprint density at radius 1 is 0.404 bits per heavy atom. The molecule has 0 radical (unpaired) electrons. The van der Waals surface area contributed by atoms with Gasteiger partial charge in [-0.2, -0.15) is 0 Å². The highest BCUT2D eigenvalue weighted by molar-refractivity contribution is 6.09. The average molecular weight is 1150 g/mol. The molecule has 11 aromatic rings. The summed E-state index contributed by atoms with van der Waals surface area (Å²) in [6.45, 7) is 0. The largest absolute Gasteiger partial charge is 0.508 e. The first kappa shape index (κ1) is 56.4. The summed E-state index contributed by atoms with van der Waals surface area (Å²) in [6, 6.07) is 69.9. The van der Waals surface area contributed by atoms with Crippen molar-refractivity contribution in [2.45, 2.75) is 5.41 Å². The van der Waals surface area contributed by atoms with E-state index in [0.717, 1.165) is 33.4 Å². The molecule has 0 atom stereocenters. The zero-order valence-corrected chi connectivity index (χ0v) is 47.2. The number of amides is 2. The standard InChI is InChI=1S/C79H48N2O8/c1-4-50-30-35-55(36-31-50)78(87)81-74-72(48-54(5-2)60(6-3)75(74)85)89-76-70(84)26-17-27-71(76)88-59-42-39-57(40-43-59)79(66-24-15-13-22-61(66)62-23-14-16-25-67(62)79)68-46-41-58(82)49-65(68)63-45-47-69(83)64(44-34-52-20-11-8-12-21-52)73(63)80-77(86)56-37-32-53(33-38-56)29-28-51-18-9-7-10-19-51/h1-3,7-27,30-33,35-43,45-49,82-85H,(H,80,86)(H,81,87). The number of ether oxygens (including phenoxy) is 2. The molecule has 10 nitrogen and oxygen atoms in total. The molecule has 0 heterocycles. The predicted molar refractivity (Wildman–Crippen MR) is 346 cm³/mol. The number of anilines is 2. The molecule has 6 N–H and O–H groups in total. The molecule has 0 saturated heterocycles. The van der Waals surface area contributed by atoms with E-state index in [1.807, 2.05) is 103 Å². The molecule has 0 aromatic heterocycles. The van der Waals surface area contributed by atoms with Gasteiger partial charge in [0.2, 0.25) is 5.75 Å². The summed E-state index contributed by atoms with van der Waals surface area (Å²) >= 11 is 0.